The van der Waals surface area contributed by atoms with Crippen molar-refractivity contribution in [2.24, 2.45) is 0 Å². The molecule has 0 radical (unpaired) electrons. The lowest BCUT2D eigenvalue weighted by Crippen LogP contribution is -2.26. The zero-order valence-corrected chi connectivity index (χ0v) is 15.7. The van der Waals surface area contributed by atoms with Crippen LogP contribution in [0.3, 0.4) is 0 Å². The Hall–Kier alpha value is -1.24. The topological polar surface area (TPSA) is 51.2 Å². The molecule has 1 fully saturated rings. The van der Waals surface area contributed by atoms with Gasteiger partial charge in [0.05, 0.1) is 11.8 Å². The first kappa shape index (κ1) is 17.6. The molecule has 2 aromatic heterocycles. The SMILES string of the molecule is Cc1nc(-c2ccsc2)sc1C(=O)NCCCOC1CCCCC1. The van der Waals surface area contributed by atoms with Crippen LogP contribution in [-0.4, -0.2) is 30.1 Å². The summed E-state index contributed by atoms with van der Waals surface area (Å²) >= 11 is 3.11. The van der Waals surface area contributed by atoms with Gasteiger partial charge in [0, 0.05) is 24.1 Å². The van der Waals surface area contributed by atoms with Crippen molar-refractivity contribution in [3.8, 4) is 10.6 Å². The van der Waals surface area contributed by atoms with Crippen LogP contribution in [0.5, 0.6) is 0 Å². The molecular formula is C18H24N2O2S2. The number of carbonyl (C=O) groups is 1. The molecule has 2 aromatic rings. The molecule has 1 saturated carbocycles. The molecule has 1 N–H and O–H groups in total. The van der Waals surface area contributed by atoms with E-state index in [0.717, 1.165) is 29.3 Å². The number of aryl methyl sites for hydroxylation is 1. The Morgan fingerprint density at radius 2 is 2.21 bits per heavy atom. The van der Waals surface area contributed by atoms with Crippen molar-refractivity contribution in [2.75, 3.05) is 13.2 Å². The fourth-order valence-electron chi connectivity index (χ4n) is 2.95. The van der Waals surface area contributed by atoms with E-state index in [1.807, 2.05) is 18.4 Å². The zero-order valence-electron chi connectivity index (χ0n) is 14.0. The van der Waals surface area contributed by atoms with E-state index in [2.05, 4.69) is 15.7 Å². The molecule has 0 aliphatic heterocycles. The summed E-state index contributed by atoms with van der Waals surface area (Å²) in [7, 11) is 0. The fraction of sp³-hybridized carbons (Fsp3) is 0.556. The van der Waals surface area contributed by atoms with E-state index in [9.17, 15) is 4.79 Å². The smallest absolute Gasteiger partial charge is 0.263 e. The summed E-state index contributed by atoms with van der Waals surface area (Å²) in [5.74, 6) is -0.0239. The summed E-state index contributed by atoms with van der Waals surface area (Å²) in [6, 6.07) is 2.03. The normalized spacial score (nSPS) is 15.5. The predicted octanol–water partition coefficient (Wildman–Crippen LogP) is 4.65. The van der Waals surface area contributed by atoms with Crippen LogP contribution in [0.25, 0.3) is 10.6 Å². The minimum Gasteiger partial charge on any atom is -0.378 e. The Labute approximate surface area is 151 Å². The van der Waals surface area contributed by atoms with Crippen LogP contribution < -0.4 is 5.32 Å². The monoisotopic (exact) mass is 364 g/mol. The van der Waals surface area contributed by atoms with Gasteiger partial charge in [-0.2, -0.15) is 11.3 Å². The lowest BCUT2D eigenvalue weighted by Gasteiger charge is -2.21. The molecule has 0 aromatic carbocycles. The highest BCUT2D eigenvalue weighted by atomic mass is 32.1. The molecule has 4 nitrogen and oxygen atoms in total. The molecule has 3 rings (SSSR count). The summed E-state index contributed by atoms with van der Waals surface area (Å²) in [5, 5.41) is 7.99. The average Bonchev–Trinajstić information content (AvgIpc) is 3.24. The second-order valence-corrected chi connectivity index (χ2v) is 7.96. The quantitative estimate of drug-likeness (QED) is 0.728. The third-order valence-corrected chi connectivity index (χ3v) is 6.17. The lowest BCUT2D eigenvalue weighted by atomic mass is 9.98. The number of nitrogens with zero attached hydrogens (tertiary/aromatic N) is 1. The van der Waals surface area contributed by atoms with E-state index >= 15 is 0 Å². The van der Waals surface area contributed by atoms with Crippen molar-refractivity contribution in [1.82, 2.24) is 10.3 Å². The fourth-order valence-corrected chi connectivity index (χ4v) is 4.65. The van der Waals surface area contributed by atoms with E-state index in [1.165, 1.54) is 43.4 Å². The number of ether oxygens (including phenoxy) is 1. The number of thiophene rings is 1. The van der Waals surface area contributed by atoms with Crippen LogP contribution in [0.2, 0.25) is 0 Å². The third-order valence-electron chi connectivity index (χ3n) is 4.28. The highest BCUT2D eigenvalue weighted by Gasteiger charge is 2.16. The summed E-state index contributed by atoms with van der Waals surface area (Å²) in [4.78, 5) is 17.6. The molecule has 0 bridgehead atoms. The maximum atomic E-state index is 12.3. The van der Waals surface area contributed by atoms with Crippen LogP contribution in [0, 0.1) is 6.92 Å². The molecule has 2 heterocycles. The third kappa shape index (κ3) is 4.65. The molecule has 24 heavy (non-hydrogen) atoms. The molecule has 1 aliphatic rings. The Morgan fingerprint density at radius 1 is 1.38 bits per heavy atom. The van der Waals surface area contributed by atoms with E-state index < -0.39 is 0 Å². The Kier molecular flexibility index (Phi) is 6.40. The second kappa shape index (κ2) is 8.74. The van der Waals surface area contributed by atoms with Gasteiger partial charge >= 0.3 is 0 Å². The molecule has 1 aliphatic carbocycles. The first-order valence-electron chi connectivity index (χ1n) is 8.64. The van der Waals surface area contributed by atoms with Crippen LogP contribution >= 0.6 is 22.7 Å². The maximum absolute atomic E-state index is 12.3. The average molecular weight is 365 g/mol. The van der Waals surface area contributed by atoms with Crippen LogP contribution in [0.4, 0.5) is 0 Å². The van der Waals surface area contributed by atoms with Crippen molar-refractivity contribution >= 4 is 28.6 Å². The van der Waals surface area contributed by atoms with Gasteiger partial charge < -0.3 is 10.1 Å². The minimum absolute atomic E-state index is 0.0239. The van der Waals surface area contributed by atoms with Gasteiger partial charge in [0.25, 0.3) is 5.91 Å². The Balaban J connectivity index is 1.42. The van der Waals surface area contributed by atoms with Crippen molar-refractivity contribution in [2.45, 2.75) is 51.6 Å². The first-order valence-corrected chi connectivity index (χ1v) is 10.4. The van der Waals surface area contributed by atoms with Crippen molar-refractivity contribution in [1.29, 1.82) is 0 Å². The summed E-state index contributed by atoms with van der Waals surface area (Å²) in [5.41, 5.74) is 1.89. The van der Waals surface area contributed by atoms with E-state index in [-0.39, 0.29) is 5.91 Å². The maximum Gasteiger partial charge on any atom is 0.263 e. The zero-order chi connectivity index (χ0) is 16.8. The molecule has 0 atom stereocenters. The van der Waals surface area contributed by atoms with Crippen molar-refractivity contribution < 1.29 is 9.53 Å². The second-order valence-electron chi connectivity index (χ2n) is 6.19. The number of amides is 1. The standard InChI is InChI=1S/C18H24N2O2S2/c1-13-16(24-18(20-13)14-8-11-23-12-14)17(21)19-9-5-10-22-15-6-3-2-4-7-15/h8,11-12,15H,2-7,9-10H2,1H3,(H,19,21). The largest absolute Gasteiger partial charge is 0.378 e. The summed E-state index contributed by atoms with van der Waals surface area (Å²) < 4.78 is 5.89. The number of aromatic nitrogens is 1. The summed E-state index contributed by atoms with van der Waals surface area (Å²) in [6.07, 6.45) is 7.60. The first-order chi connectivity index (χ1) is 11.7. The highest BCUT2D eigenvalue weighted by Crippen LogP contribution is 2.29. The summed E-state index contributed by atoms with van der Waals surface area (Å²) in [6.45, 7) is 3.27. The van der Waals surface area contributed by atoms with Gasteiger partial charge in [0.15, 0.2) is 0 Å². The Morgan fingerprint density at radius 3 is 2.96 bits per heavy atom. The number of hydrogen-bond donors (Lipinski definition) is 1. The van der Waals surface area contributed by atoms with Gasteiger partial charge in [-0.3, -0.25) is 4.79 Å². The number of rotatable bonds is 7. The van der Waals surface area contributed by atoms with Crippen molar-refractivity contribution in [3.05, 3.63) is 27.4 Å². The van der Waals surface area contributed by atoms with Crippen LogP contribution in [0.15, 0.2) is 16.8 Å². The molecule has 130 valence electrons. The minimum atomic E-state index is -0.0239. The van der Waals surface area contributed by atoms with E-state index in [4.69, 9.17) is 4.74 Å². The van der Waals surface area contributed by atoms with Gasteiger partial charge in [-0.05, 0) is 37.6 Å². The van der Waals surface area contributed by atoms with E-state index in [0.29, 0.717) is 17.5 Å². The molecule has 1 amide bonds. The van der Waals surface area contributed by atoms with Crippen LogP contribution in [0.1, 0.15) is 53.9 Å². The van der Waals surface area contributed by atoms with Gasteiger partial charge in [-0.1, -0.05) is 19.3 Å². The highest BCUT2D eigenvalue weighted by molar-refractivity contribution is 7.17. The molecule has 0 saturated heterocycles. The number of carbonyl (C=O) groups excluding carboxylic acids is 1. The van der Waals surface area contributed by atoms with Crippen LogP contribution in [-0.2, 0) is 4.74 Å². The molecule has 6 heteroatoms. The predicted molar refractivity (Wildman–Crippen MR) is 99.9 cm³/mol. The van der Waals surface area contributed by atoms with Crippen molar-refractivity contribution in [3.63, 3.8) is 0 Å². The van der Waals surface area contributed by atoms with Gasteiger partial charge in [0.2, 0.25) is 0 Å². The molecular weight excluding hydrogens is 340 g/mol. The van der Waals surface area contributed by atoms with Gasteiger partial charge in [-0.25, -0.2) is 4.98 Å². The van der Waals surface area contributed by atoms with Gasteiger partial charge in [0.1, 0.15) is 9.88 Å². The molecule has 0 unspecified atom stereocenters. The molecule has 0 spiro atoms. The van der Waals surface area contributed by atoms with Gasteiger partial charge in [-0.15, -0.1) is 11.3 Å². The lowest BCUT2D eigenvalue weighted by molar-refractivity contribution is 0.0273. The number of nitrogens with one attached hydrogen (secondary N) is 1. The Bertz CT molecular complexity index is 646. The number of thiazole rings is 1. The number of hydrogen-bond acceptors (Lipinski definition) is 5. The van der Waals surface area contributed by atoms with E-state index in [1.54, 1.807) is 11.3 Å².